The number of hydrogen-bond acceptors (Lipinski definition) is 5. The molecule has 0 bridgehead atoms. The summed E-state index contributed by atoms with van der Waals surface area (Å²) in [7, 11) is 1.51. The lowest BCUT2D eigenvalue weighted by Crippen LogP contribution is -2.40. The van der Waals surface area contributed by atoms with Crippen LogP contribution in [-0.2, 0) is 9.16 Å². The summed E-state index contributed by atoms with van der Waals surface area (Å²) in [4.78, 5) is 0. The lowest BCUT2D eigenvalue weighted by molar-refractivity contribution is 0.0487. The third-order valence-electron chi connectivity index (χ3n) is 4.71. The molecular formula is C20H34O5Si. The molecule has 5 nitrogen and oxygen atoms in total. The first-order valence-electron chi connectivity index (χ1n) is 8.85. The minimum atomic E-state index is -1.72. The quantitative estimate of drug-likeness (QED) is 0.326. The Kier molecular flexibility index (Phi) is 8.66. The second-order valence-corrected chi connectivity index (χ2v) is 12.4. The summed E-state index contributed by atoms with van der Waals surface area (Å²) in [6.45, 7) is 14.3. The molecule has 26 heavy (non-hydrogen) atoms. The Morgan fingerprint density at radius 1 is 0.962 bits per heavy atom. The largest absolute Gasteiger partial charge is 0.496 e. The molecule has 0 fully saturated rings. The molecule has 6 heteroatoms. The normalized spacial score (nSPS) is 12.5. The Labute approximate surface area is 159 Å². The molecule has 0 aliphatic heterocycles. The van der Waals surface area contributed by atoms with Crippen LogP contribution in [0, 0.1) is 6.92 Å². The van der Waals surface area contributed by atoms with Crippen molar-refractivity contribution in [3.63, 3.8) is 0 Å². The third-order valence-corrected chi connectivity index (χ3v) is 9.21. The molecule has 148 valence electrons. The second kappa shape index (κ2) is 9.99. The van der Waals surface area contributed by atoms with E-state index >= 15 is 0 Å². The fourth-order valence-corrected chi connectivity index (χ4v) is 2.97. The zero-order valence-electron chi connectivity index (χ0n) is 17.5. The molecule has 0 aliphatic rings. The van der Waals surface area contributed by atoms with Crippen LogP contribution < -0.4 is 14.2 Å². The molecule has 1 rings (SSSR count). The molecule has 1 aromatic carbocycles. The summed E-state index contributed by atoms with van der Waals surface area (Å²) in [5.41, 5.74) is 0.895. The van der Waals surface area contributed by atoms with E-state index in [-0.39, 0.29) is 11.8 Å². The van der Waals surface area contributed by atoms with Gasteiger partial charge in [-0.05, 0) is 43.3 Å². The summed E-state index contributed by atoms with van der Waals surface area (Å²) in [5, 5.41) is 0.211. The molecule has 0 saturated heterocycles. The van der Waals surface area contributed by atoms with Crippen molar-refractivity contribution in [1.29, 1.82) is 0 Å². The Morgan fingerprint density at radius 3 is 2.15 bits per heavy atom. The molecule has 1 aromatic rings. The van der Waals surface area contributed by atoms with E-state index in [9.17, 15) is 0 Å². The van der Waals surface area contributed by atoms with Gasteiger partial charge in [0.25, 0.3) is 0 Å². The maximum atomic E-state index is 6.12. The van der Waals surface area contributed by atoms with Gasteiger partial charge in [-0.15, -0.1) is 0 Å². The zero-order valence-corrected chi connectivity index (χ0v) is 18.5. The molecule has 0 radical (unpaired) electrons. The van der Waals surface area contributed by atoms with Crippen molar-refractivity contribution in [1.82, 2.24) is 0 Å². The molecule has 0 saturated carbocycles. The van der Waals surface area contributed by atoms with Gasteiger partial charge in [-0.2, -0.15) is 0 Å². The van der Waals surface area contributed by atoms with Crippen LogP contribution in [0.15, 0.2) is 24.3 Å². The molecule has 0 aliphatic carbocycles. The molecule has 0 amide bonds. The fraction of sp³-hybridized carbons (Fsp3) is 0.600. The first-order valence-corrected chi connectivity index (χ1v) is 11.8. The summed E-state index contributed by atoms with van der Waals surface area (Å²) in [6, 6.07) is 3.68. The van der Waals surface area contributed by atoms with E-state index in [1.165, 1.54) is 0 Å². The maximum Gasteiger partial charge on any atom is 0.192 e. The first kappa shape index (κ1) is 22.5. The van der Waals surface area contributed by atoms with E-state index < -0.39 is 8.32 Å². The number of benzene rings is 1. The molecule has 0 heterocycles. The van der Waals surface area contributed by atoms with Crippen LogP contribution in [-0.4, -0.2) is 42.5 Å². The van der Waals surface area contributed by atoms with Gasteiger partial charge in [0.1, 0.15) is 12.4 Å². The van der Waals surface area contributed by atoms with E-state index in [4.69, 9.17) is 23.4 Å². The topological polar surface area (TPSA) is 46.2 Å². The van der Waals surface area contributed by atoms with Gasteiger partial charge in [0.05, 0.1) is 13.7 Å². The van der Waals surface area contributed by atoms with Crippen LogP contribution in [0.5, 0.6) is 17.2 Å². The van der Waals surface area contributed by atoms with Crippen molar-refractivity contribution in [3.8, 4) is 17.2 Å². The van der Waals surface area contributed by atoms with Crippen LogP contribution in [0.4, 0.5) is 0 Å². The van der Waals surface area contributed by atoms with Gasteiger partial charge in [-0.3, -0.25) is 0 Å². The van der Waals surface area contributed by atoms with Crippen LogP contribution in [0.25, 0.3) is 0 Å². The summed E-state index contributed by atoms with van der Waals surface area (Å²) in [5.74, 6) is 2.06. The minimum absolute atomic E-state index is 0.165. The van der Waals surface area contributed by atoms with Gasteiger partial charge in [-0.1, -0.05) is 26.8 Å². The van der Waals surface area contributed by atoms with Gasteiger partial charge in [0, 0.05) is 12.7 Å². The second-order valence-electron chi connectivity index (χ2n) is 7.62. The maximum absolute atomic E-state index is 6.12. The van der Waals surface area contributed by atoms with Crippen molar-refractivity contribution < 1.29 is 23.4 Å². The predicted molar refractivity (Wildman–Crippen MR) is 108 cm³/mol. The Balaban J connectivity index is 2.66. The van der Waals surface area contributed by atoms with Crippen molar-refractivity contribution in [2.24, 2.45) is 0 Å². The highest BCUT2D eigenvalue weighted by Gasteiger charge is 2.36. The zero-order chi connectivity index (χ0) is 19.8. The van der Waals surface area contributed by atoms with Crippen molar-refractivity contribution >= 4 is 8.32 Å². The third kappa shape index (κ3) is 6.34. The van der Waals surface area contributed by atoms with Gasteiger partial charge >= 0.3 is 0 Å². The van der Waals surface area contributed by atoms with E-state index in [1.807, 2.05) is 31.2 Å². The minimum Gasteiger partial charge on any atom is -0.496 e. The van der Waals surface area contributed by atoms with E-state index in [2.05, 4.69) is 33.9 Å². The number of methoxy groups -OCH3 is 2. The summed E-state index contributed by atoms with van der Waals surface area (Å²) >= 11 is 0. The van der Waals surface area contributed by atoms with Crippen molar-refractivity contribution in [2.45, 2.75) is 45.8 Å². The van der Waals surface area contributed by atoms with Gasteiger partial charge < -0.3 is 23.4 Å². The highest BCUT2D eigenvalue weighted by Crippen LogP contribution is 2.37. The molecule has 0 atom stereocenters. The van der Waals surface area contributed by atoms with E-state index in [1.54, 1.807) is 14.2 Å². The average Bonchev–Trinajstić information content (AvgIpc) is 2.56. The predicted octanol–water partition coefficient (Wildman–Crippen LogP) is 4.94. The van der Waals surface area contributed by atoms with Crippen LogP contribution in [0.3, 0.4) is 0 Å². The van der Waals surface area contributed by atoms with Gasteiger partial charge in [-0.25, -0.2) is 0 Å². The molecule has 0 N–H and O–H groups in total. The van der Waals surface area contributed by atoms with Crippen molar-refractivity contribution in [2.75, 3.05) is 34.2 Å². The summed E-state index contributed by atoms with van der Waals surface area (Å²) < 4.78 is 28.0. The fourth-order valence-electron chi connectivity index (χ4n) is 2.03. The Bertz CT molecular complexity index is 591. The van der Waals surface area contributed by atoms with E-state index in [0.717, 1.165) is 11.3 Å². The molecule has 0 unspecified atom stereocenters. The summed E-state index contributed by atoms with van der Waals surface area (Å²) in [6.07, 6.45) is 3.97. The highest BCUT2D eigenvalue weighted by molar-refractivity contribution is 6.74. The lowest BCUT2D eigenvalue weighted by Gasteiger charge is -2.35. The number of ether oxygens (including phenoxy) is 4. The van der Waals surface area contributed by atoms with Gasteiger partial charge in [0.15, 0.2) is 26.6 Å². The lowest BCUT2D eigenvalue weighted by atomic mass is 10.2. The Morgan fingerprint density at radius 2 is 1.58 bits per heavy atom. The molecule has 0 aromatic heterocycles. The molecular weight excluding hydrogens is 348 g/mol. The monoisotopic (exact) mass is 382 g/mol. The number of rotatable bonds is 10. The smallest absolute Gasteiger partial charge is 0.192 e. The Hall–Kier alpha value is -1.50. The van der Waals surface area contributed by atoms with Gasteiger partial charge in [0.2, 0.25) is 0 Å². The standard InChI is InChI=1S/C20H34O5Si/c1-16-17(22-6)11-12-18(24-15-21-5)19(16)23-13-9-10-14-25-26(7,8)20(2,3)4/h9-12H,13-15H2,1-8H3/b10-9+. The van der Waals surface area contributed by atoms with Crippen LogP contribution in [0.1, 0.15) is 26.3 Å². The van der Waals surface area contributed by atoms with Crippen LogP contribution >= 0.6 is 0 Å². The molecule has 0 spiro atoms. The van der Waals surface area contributed by atoms with E-state index in [0.29, 0.717) is 24.7 Å². The first-order chi connectivity index (χ1) is 12.1. The SMILES string of the molecule is COCOc1ccc(OC)c(C)c1OC/C=C/CO[Si](C)(C)C(C)(C)C. The highest BCUT2D eigenvalue weighted by atomic mass is 28.4. The average molecular weight is 383 g/mol. The van der Waals surface area contributed by atoms with Crippen LogP contribution in [0.2, 0.25) is 18.1 Å². The van der Waals surface area contributed by atoms with Crippen molar-refractivity contribution in [3.05, 3.63) is 29.8 Å². The number of hydrogen-bond donors (Lipinski definition) is 0.